The van der Waals surface area contributed by atoms with Gasteiger partial charge < -0.3 is 9.47 Å². The Morgan fingerprint density at radius 3 is 2.83 bits per heavy atom. The highest BCUT2D eigenvalue weighted by molar-refractivity contribution is 5.71. The quantitative estimate of drug-likeness (QED) is 0.444. The van der Waals surface area contributed by atoms with E-state index in [0.717, 1.165) is 6.07 Å². The Morgan fingerprint density at radius 1 is 1.56 bits per heavy atom. The molecule has 0 aliphatic heterocycles. The van der Waals surface area contributed by atoms with E-state index in [9.17, 15) is 14.9 Å². The largest absolute Gasteiger partial charge is 0.481 e. The highest BCUT2D eigenvalue weighted by Gasteiger charge is 2.12. The fourth-order valence-electron chi connectivity index (χ4n) is 1.18. The molecule has 0 N–H and O–H groups in total. The molecule has 94 valence electrons. The maximum atomic E-state index is 11.1. The number of hydrogen-bond donors (Lipinski definition) is 0. The van der Waals surface area contributed by atoms with Gasteiger partial charge in [-0.1, -0.05) is 0 Å². The number of nitro benzene ring substituents is 1. The summed E-state index contributed by atoms with van der Waals surface area (Å²) < 4.78 is 9.70. The van der Waals surface area contributed by atoms with Gasteiger partial charge in [0.05, 0.1) is 11.5 Å². The SMILES string of the molecule is CCOC(=O)COc1ccc([N+](=O)[O-])cc1C#N. The smallest absolute Gasteiger partial charge is 0.344 e. The minimum Gasteiger partial charge on any atom is -0.481 e. The lowest BCUT2D eigenvalue weighted by atomic mass is 10.2. The second-order valence-electron chi connectivity index (χ2n) is 3.14. The van der Waals surface area contributed by atoms with E-state index < -0.39 is 10.9 Å². The summed E-state index contributed by atoms with van der Waals surface area (Å²) in [5, 5.41) is 19.3. The number of hydrogen-bond acceptors (Lipinski definition) is 6. The molecule has 0 unspecified atom stereocenters. The van der Waals surface area contributed by atoms with Crippen LogP contribution < -0.4 is 4.74 Å². The topological polar surface area (TPSA) is 102 Å². The molecule has 18 heavy (non-hydrogen) atoms. The van der Waals surface area contributed by atoms with Gasteiger partial charge in [0.1, 0.15) is 17.4 Å². The maximum absolute atomic E-state index is 11.1. The molecular formula is C11H10N2O5. The minimum atomic E-state index is -0.615. The number of nitro groups is 1. The molecule has 1 aromatic carbocycles. The molecule has 7 nitrogen and oxygen atoms in total. The Labute approximate surface area is 103 Å². The Balaban J connectivity index is 2.81. The first-order chi connectivity index (χ1) is 8.58. The number of ether oxygens (including phenoxy) is 2. The predicted molar refractivity (Wildman–Crippen MR) is 59.9 cm³/mol. The molecular weight excluding hydrogens is 240 g/mol. The standard InChI is InChI=1S/C11H10N2O5/c1-2-17-11(14)7-18-10-4-3-9(13(15)16)5-8(10)6-12/h3-5H,2,7H2,1H3. The van der Waals surface area contributed by atoms with Crippen molar-refractivity contribution in [2.75, 3.05) is 13.2 Å². The van der Waals surface area contributed by atoms with E-state index in [1.807, 2.05) is 0 Å². The Hall–Kier alpha value is -2.62. The van der Waals surface area contributed by atoms with E-state index in [0.29, 0.717) is 0 Å². The van der Waals surface area contributed by atoms with Gasteiger partial charge in [-0.25, -0.2) is 4.79 Å². The predicted octanol–water partition coefficient (Wildman–Crippen LogP) is 1.41. The number of carbonyl (C=O) groups is 1. The Morgan fingerprint density at radius 2 is 2.28 bits per heavy atom. The van der Waals surface area contributed by atoms with E-state index in [-0.39, 0.29) is 30.2 Å². The summed E-state index contributed by atoms with van der Waals surface area (Å²) in [5.41, 5.74) is -0.219. The van der Waals surface area contributed by atoms with Crippen molar-refractivity contribution in [2.45, 2.75) is 6.92 Å². The Kier molecular flexibility index (Phi) is 4.63. The van der Waals surface area contributed by atoms with Crippen molar-refractivity contribution < 1.29 is 19.2 Å². The minimum absolute atomic E-state index is 0.00602. The summed E-state index contributed by atoms with van der Waals surface area (Å²) >= 11 is 0. The molecule has 0 aromatic heterocycles. The van der Waals surface area contributed by atoms with E-state index in [1.165, 1.54) is 12.1 Å². The van der Waals surface area contributed by atoms with Gasteiger partial charge in [0.2, 0.25) is 0 Å². The van der Waals surface area contributed by atoms with Gasteiger partial charge in [-0.05, 0) is 13.0 Å². The zero-order valence-corrected chi connectivity index (χ0v) is 9.58. The van der Waals surface area contributed by atoms with Crippen molar-refractivity contribution in [3.8, 4) is 11.8 Å². The van der Waals surface area contributed by atoms with E-state index in [2.05, 4.69) is 4.74 Å². The van der Waals surface area contributed by atoms with Crippen LogP contribution in [0.5, 0.6) is 5.75 Å². The van der Waals surface area contributed by atoms with Gasteiger partial charge in [0.25, 0.3) is 5.69 Å². The molecule has 1 rings (SSSR count). The van der Waals surface area contributed by atoms with Crippen molar-refractivity contribution in [2.24, 2.45) is 0 Å². The van der Waals surface area contributed by atoms with Crippen LogP contribution in [-0.2, 0) is 9.53 Å². The van der Waals surface area contributed by atoms with Crippen LogP contribution in [-0.4, -0.2) is 24.1 Å². The van der Waals surface area contributed by atoms with Crippen LogP contribution >= 0.6 is 0 Å². The maximum Gasteiger partial charge on any atom is 0.344 e. The summed E-state index contributed by atoms with van der Waals surface area (Å²) in [6, 6.07) is 5.32. The molecule has 0 radical (unpaired) electrons. The molecule has 0 aliphatic rings. The number of rotatable bonds is 5. The van der Waals surface area contributed by atoms with Crippen LogP contribution in [0.25, 0.3) is 0 Å². The molecule has 0 saturated heterocycles. The van der Waals surface area contributed by atoms with E-state index in [1.54, 1.807) is 13.0 Å². The number of nitriles is 1. The number of esters is 1. The molecule has 0 heterocycles. The molecule has 0 bridgehead atoms. The third kappa shape index (κ3) is 3.45. The first kappa shape index (κ1) is 13.4. The fourth-order valence-corrected chi connectivity index (χ4v) is 1.18. The molecule has 0 amide bonds. The highest BCUT2D eigenvalue weighted by atomic mass is 16.6. The first-order valence-corrected chi connectivity index (χ1v) is 5.05. The van der Waals surface area contributed by atoms with Crippen LogP contribution in [0.3, 0.4) is 0 Å². The number of non-ortho nitro benzene ring substituents is 1. The lowest BCUT2D eigenvalue weighted by molar-refractivity contribution is -0.384. The van der Waals surface area contributed by atoms with Gasteiger partial charge in [-0.2, -0.15) is 5.26 Å². The summed E-state index contributed by atoms with van der Waals surface area (Å²) in [7, 11) is 0. The number of benzene rings is 1. The lowest BCUT2D eigenvalue weighted by Crippen LogP contribution is -2.15. The first-order valence-electron chi connectivity index (χ1n) is 5.05. The molecule has 0 fully saturated rings. The summed E-state index contributed by atoms with van der Waals surface area (Å²) in [6.45, 7) is 1.54. The van der Waals surface area contributed by atoms with E-state index in [4.69, 9.17) is 10.00 Å². The van der Waals surface area contributed by atoms with Crippen LogP contribution in [0.4, 0.5) is 5.69 Å². The highest BCUT2D eigenvalue weighted by Crippen LogP contribution is 2.23. The van der Waals surface area contributed by atoms with Gasteiger partial charge in [0, 0.05) is 12.1 Å². The average molecular weight is 250 g/mol. The third-order valence-electron chi connectivity index (χ3n) is 1.95. The van der Waals surface area contributed by atoms with E-state index >= 15 is 0 Å². The molecule has 0 atom stereocenters. The van der Waals surface area contributed by atoms with Crippen molar-refractivity contribution in [1.82, 2.24) is 0 Å². The molecule has 0 aliphatic carbocycles. The molecule has 0 spiro atoms. The van der Waals surface area contributed by atoms with Crippen LogP contribution in [0, 0.1) is 21.4 Å². The summed E-state index contributed by atoms with van der Waals surface area (Å²) in [4.78, 5) is 21.0. The normalized spacial score (nSPS) is 9.33. The zero-order chi connectivity index (χ0) is 13.5. The van der Waals surface area contributed by atoms with Crippen molar-refractivity contribution in [1.29, 1.82) is 5.26 Å². The fraction of sp³-hybridized carbons (Fsp3) is 0.273. The van der Waals surface area contributed by atoms with Gasteiger partial charge in [-0.3, -0.25) is 10.1 Å². The van der Waals surface area contributed by atoms with Crippen LogP contribution in [0.1, 0.15) is 12.5 Å². The second-order valence-corrected chi connectivity index (χ2v) is 3.14. The zero-order valence-electron chi connectivity index (χ0n) is 9.58. The van der Waals surface area contributed by atoms with Crippen molar-refractivity contribution >= 4 is 11.7 Å². The number of nitrogens with zero attached hydrogens (tertiary/aromatic N) is 2. The van der Waals surface area contributed by atoms with Gasteiger partial charge >= 0.3 is 5.97 Å². The van der Waals surface area contributed by atoms with Crippen LogP contribution in [0.15, 0.2) is 18.2 Å². The molecule has 0 saturated carbocycles. The van der Waals surface area contributed by atoms with Gasteiger partial charge in [-0.15, -0.1) is 0 Å². The lowest BCUT2D eigenvalue weighted by Gasteiger charge is -2.06. The molecule has 7 heteroatoms. The van der Waals surface area contributed by atoms with Gasteiger partial charge in [0.15, 0.2) is 6.61 Å². The third-order valence-corrected chi connectivity index (χ3v) is 1.95. The Bertz CT molecular complexity index is 507. The average Bonchev–Trinajstić information content (AvgIpc) is 2.36. The summed E-state index contributed by atoms with van der Waals surface area (Å²) in [6.07, 6.45) is 0. The summed E-state index contributed by atoms with van der Waals surface area (Å²) in [5.74, 6) is -0.462. The molecule has 1 aromatic rings. The number of carbonyl (C=O) groups excluding carboxylic acids is 1. The van der Waals surface area contributed by atoms with Crippen LogP contribution in [0.2, 0.25) is 0 Å². The van der Waals surface area contributed by atoms with Crippen molar-refractivity contribution in [3.05, 3.63) is 33.9 Å². The second kappa shape index (κ2) is 6.20. The monoisotopic (exact) mass is 250 g/mol. The van der Waals surface area contributed by atoms with Crippen molar-refractivity contribution in [3.63, 3.8) is 0 Å².